The molecule has 0 fully saturated rings. The summed E-state index contributed by atoms with van der Waals surface area (Å²) in [6.45, 7) is 3.74. The number of guanidine groups is 1. The molecule has 0 radical (unpaired) electrons. The van der Waals surface area contributed by atoms with Crippen LogP contribution in [0.15, 0.2) is 53.7 Å². The van der Waals surface area contributed by atoms with E-state index in [2.05, 4.69) is 25.9 Å². The molecule has 1 amide bonds. The second kappa shape index (κ2) is 11.0. The van der Waals surface area contributed by atoms with Crippen LogP contribution in [-0.4, -0.2) is 43.6 Å². The molecular weight excluding hydrogens is 397 g/mol. The molecule has 0 aliphatic carbocycles. The number of methoxy groups -OCH3 is 1. The maximum Gasteiger partial charge on any atom is 0.242 e. The van der Waals surface area contributed by atoms with Crippen molar-refractivity contribution in [1.29, 1.82) is 0 Å². The highest BCUT2D eigenvalue weighted by Gasteiger charge is 2.06. The number of nitrogens with zero attached hydrogens (tertiary/aromatic N) is 1. The summed E-state index contributed by atoms with van der Waals surface area (Å²) in [4.78, 5) is 19.6. The van der Waals surface area contributed by atoms with Gasteiger partial charge >= 0.3 is 0 Å². The van der Waals surface area contributed by atoms with Gasteiger partial charge in [-0.3, -0.25) is 4.79 Å². The smallest absolute Gasteiger partial charge is 0.242 e. The number of H-pyrrole nitrogens is 1. The highest BCUT2D eigenvalue weighted by molar-refractivity contribution is 5.85. The van der Waals surface area contributed by atoms with Gasteiger partial charge in [-0.25, -0.2) is 9.38 Å². The lowest BCUT2D eigenvalue weighted by molar-refractivity contribution is -0.119. The van der Waals surface area contributed by atoms with Crippen molar-refractivity contribution in [3.05, 3.63) is 65.6 Å². The number of aromatic nitrogens is 1. The van der Waals surface area contributed by atoms with Crippen LogP contribution in [0, 0.1) is 5.82 Å². The number of carbonyl (C=O) groups excluding carboxylic acids is 1. The van der Waals surface area contributed by atoms with Gasteiger partial charge in [0.2, 0.25) is 5.91 Å². The fourth-order valence-electron chi connectivity index (χ4n) is 3.17. The van der Waals surface area contributed by atoms with Crippen molar-refractivity contribution >= 4 is 22.8 Å². The van der Waals surface area contributed by atoms with Gasteiger partial charge in [0, 0.05) is 36.7 Å². The van der Waals surface area contributed by atoms with Crippen LogP contribution < -0.4 is 20.7 Å². The number of carbonyl (C=O) groups is 1. The zero-order valence-corrected chi connectivity index (χ0v) is 17.8. The average molecular weight is 426 g/mol. The Morgan fingerprint density at radius 2 is 1.94 bits per heavy atom. The van der Waals surface area contributed by atoms with Crippen molar-refractivity contribution < 1.29 is 13.9 Å². The van der Waals surface area contributed by atoms with Gasteiger partial charge in [0.25, 0.3) is 0 Å². The molecule has 3 aromatic rings. The number of benzene rings is 2. The Kier molecular flexibility index (Phi) is 7.86. The van der Waals surface area contributed by atoms with E-state index in [-0.39, 0.29) is 18.3 Å². The van der Waals surface area contributed by atoms with Crippen molar-refractivity contribution in [3.8, 4) is 5.75 Å². The van der Waals surface area contributed by atoms with Crippen molar-refractivity contribution in [1.82, 2.24) is 20.9 Å². The summed E-state index contributed by atoms with van der Waals surface area (Å²) in [5.74, 6) is 0.936. The molecule has 4 N–H and O–H groups in total. The third-order valence-electron chi connectivity index (χ3n) is 4.79. The molecule has 0 aliphatic heterocycles. The molecule has 7 nitrogen and oxygen atoms in total. The molecular formula is C23H28FN5O2. The van der Waals surface area contributed by atoms with Gasteiger partial charge in [-0.15, -0.1) is 0 Å². The molecule has 0 bridgehead atoms. The molecule has 0 atom stereocenters. The van der Waals surface area contributed by atoms with Crippen LogP contribution in [0.2, 0.25) is 0 Å². The summed E-state index contributed by atoms with van der Waals surface area (Å²) in [6.07, 6.45) is 2.63. The quantitative estimate of drug-likeness (QED) is 0.313. The van der Waals surface area contributed by atoms with E-state index in [0.717, 1.165) is 34.2 Å². The predicted octanol–water partition coefficient (Wildman–Crippen LogP) is 2.73. The fraction of sp³-hybridized carbons (Fsp3) is 0.304. The molecule has 1 aromatic heterocycles. The van der Waals surface area contributed by atoms with Gasteiger partial charge in [-0.2, -0.15) is 0 Å². The highest BCUT2D eigenvalue weighted by atomic mass is 19.1. The lowest BCUT2D eigenvalue weighted by Gasteiger charge is -2.11. The summed E-state index contributed by atoms with van der Waals surface area (Å²) in [5.41, 5.74) is 2.86. The minimum absolute atomic E-state index is 0.0256. The summed E-state index contributed by atoms with van der Waals surface area (Å²) in [6, 6.07) is 12.3. The minimum atomic E-state index is -0.258. The van der Waals surface area contributed by atoms with E-state index in [4.69, 9.17) is 4.74 Å². The molecule has 0 saturated carbocycles. The van der Waals surface area contributed by atoms with Crippen molar-refractivity contribution in [2.75, 3.05) is 26.7 Å². The molecule has 8 heteroatoms. The molecule has 0 unspecified atom stereocenters. The second-order valence-corrected chi connectivity index (χ2v) is 7.00. The van der Waals surface area contributed by atoms with Crippen LogP contribution in [0.5, 0.6) is 5.75 Å². The first kappa shape index (κ1) is 22.1. The van der Waals surface area contributed by atoms with Crippen LogP contribution in [0.1, 0.15) is 18.1 Å². The first-order chi connectivity index (χ1) is 15.1. The number of fused-ring (bicyclic) bond motifs is 1. The lowest BCUT2D eigenvalue weighted by atomic mass is 10.1. The fourth-order valence-corrected chi connectivity index (χ4v) is 3.17. The van der Waals surface area contributed by atoms with Crippen LogP contribution in [-0.2, 0) is 17.8 Å². The van der Waals surface area contributed by atoms with Gasteiger partial charge in [-0.05, 0) is 54.8 Å². The SMILES string of the molecule is CCNC(=NCC(=O)NCc1ccc(OC)cc1)NCCc1c[nH]c2cc(F)ccc12. The highest BCUT2D eigenvalue weighted by Crippen LogP contribution is 2.19. The number of amides is 1. The van der Waals surface area contributed by atoms with Gasteiger partial charge in [0.1, 0.15) is 18.1 Å². The second-order valence-electron chi connectivity index (χ2n) is 7.00. The molecule has 0 spiro atoms. The van der Waals surface area contributed by atoms with Gasteiger partial charge in [0.05, 0.1) is 7.11 Å². The van der Waals surface area contributed by atoms with E-state index in [1.165, 1.54) is 12.1 Å². The number of hydrogen-bond donors (Lipinski definition) is 4. The van der Waals surface area contributed by atoms with E-state index < -0.39 is 0 Å². The first-order valence-electron chi connectivity index (χ1n) is 10.3. The van der Waals surface area contributed by atoms with E-state index >= 15 is 0 Å². The van der Waals surface area contributed by atoms with E-state index in [0.29, 0.717) is 25.6 Å². The van der Waals surface area contributed by atoms with Crippen molar-refractivity contribution in [3.63, 3.8) is 0 Å². The number of halogens is 1. The van der Waals surface area contributed by atoms with Gasteiger partial charge in [0.15, 0.2) is 5.96 Å². The Bertz CT molecular complexity index is 1030. The third kappa shape index (κ3) is 6.47. The zero-order chi connectivity index (χ0) is 22.1. The molecule has 2 aromatic carbocycles. The number of ether oxygens (including phenoxy) is 1. The molecule has 164 valence electrons. The maximum absolute atomic E-state index is 13.3. The largest absolute Gasteiger partial charge is 0.497 e. The topological polar surface area (TPSA) is 90.5 Å². The number of nitrogens with one attached hydrogen (secondary N) is 4. The molecule has 1 heterocycles. The summed E-state index contributed by atoms with van der Waals surface area (Å²) in [7, 11) is 1.62. The average Bonchev–Trinajstić information content (AvgIpc) is 3.18. The Balaban J connectivity index is 1.47. The van der Waals surface area contributed by atoms with Gasteiger partial charge in [-0.1, -0.05) is 12.1 Å². The molecule has 0 saturated heterocycles. The van der Waals surface area contributed by atoms with E-state index in [9.17, 15) is 9.18 Å². The third-order valence-corrected chi connectivity index (χ3v) is 4.79. The number of rotatable bonds is 9. The van der Waals surface area contributed by atoms with Crippen molar-refractivity contribution in [2.24, 2.45) is 4.99 Å². The summed E-state index contributed by atoms with van der Waals surface area (Å²) >= 11 is 0. The van der Waals surface area contributed by atoms with Crippen LogP contribution in [0.25, 0.3) is 10.9 Å². The van der Waals surface area contributed by atoms with Gasteiger partial charge < -0.3 is 25.7 Å². The molecule has 0 aliphatic rings. The Morgan fingerprint density at radius 1 is 1.13 bits per heavy atom. The molecule has 31 heavy (non-hydrogen) atoms. The number of aromatic amines is 1. The monoisotopic (exact) mass is 425 g/mol. The Labute approximate surface area is 181 Å². The number of aliphatic imine (C=N–C) groups is 1. The van der Waals surface area contributed by atoms with E-state index in [1.54, 1.807) is 13.2 Å². The summed E-state index contributed by atoms with van der Waals surface area (Å²) in [5, 5.41) is 10.2. The standard InChI is InChI=1S/C23H28FN5O2/c1-3-25-23(26-11-10-17-14-27-21-12-18(24)6-9-20(17)21)29-15-22(30)28-13-16-4-7-19(31-2)8-5-16/h4-9,12,14,27H,3,10-11,13,15H2,1-2H3,(H,28,30)(H2,25,26,29). The molecule has 3 rings (SSSR count). The van der Waals surface area contributed by atoms with Crippen LogP contribution in [0.3, 0.4) is 0 Å². The Morgan fingerprint density at radius 3 is 2.68 bits per heavy atom. The number of hydrogen-bond acceptors (Lipinski definition) is 3. The van der Waals surface area contributed by atoms with Crippen LogP contribution in [0.4, 0.5) is 4.39 Å². The van der Waals surface area contributed by atoms with E-state index in [1.807, 2.05) is 37.4 Å². The minimum Gasteiger partial charge on any atom is -0.497 e. The zero-order valence-electron chi connectivity index (χ0n) is 17.8. The maximum atomic E-state index is 13.3. The van der Waals surface area contributed by atoms with Crippen LogP contribution >= 0.6 is 0 Å². The normalized spacial score (nSPS) is 11.4. The predicted molar refractivity (Wildman–Crippen MR) is 121 cm³/mol. The summed E-state index contributed by atoms with van der Waals surface area (Å²) < 4.78 is 18.5. The Hall–Kier alpha value is -3.55. The van der Waals surface area contributed by atoms with Crippen molar-refractivity contribution in [2.45, 2.75) is 19.9 Å². The lowest BCUT2D eigenvalue weighted by Crippen LogP contribution is -2.39. The first-order valence-corrected chi connectivity index (χ1v) is 10.3.